The van der Waals surface area contributed by atoms with Gasteiger partial charge in [0.05, 0.1) is 18.4 Å². The third-order valence-corrected chi connectivity index (χ3v) is 4.50. The Labute approximate surface area is 177 Å². The number of benzene rings is 2. The largest absolute Gasteiger partial charge is 0.476 e. The van der Waals surface area contributed by atoms with E-state index in [0.29, 0.717) is 16.8 Å². The van der Waals surface area contributed by atoms with E-state index in [9.17, 15) is 24.8 Å². The van der Waals surface area contributed by atoms with Crippen LogP contribution in [0.4, 0.5) is 0 Å². The third-order valence-electron chi connectivity index (χ3n) is 4.50. The quantitative estimate of drug-likeness (QED) is 0.635. The monoisotopic (exact) mass is 415 g/mol. The number of carboxylic acid groups (broad SMARTS) is 1. The second-order valence-corrected chi connectivity index (χ2v) is 6.55. The van der Waals surface area contributed by atoms with Gasteiger partial charge in [-0.05, 0) is 36.8 Å². The van der Waals surface area contributed by atoms with Gasteiger partial charge in [0.25, 0.3) is 5.56 Å². The van der Waals surface area contributed by atoms with E-state index in [1.54, 1.807) is 54.6 Å². The molecule has 0 spiro atoms. The van der Waals surface area contributed by atoms with Gasteiger partial charge in [-0.15, -0.1) is 0 Å². The Hall–Kier alpha value is -4.51. The number of nitriles is 1. The van der Waals surface area contributed by atoms with Crippen LogP contribution in [0.2, 0.25) is 0 Å². The molecule has 0 aliphatic carbocycles. The number of nitrogens with zero attached hydrogens (tertiary/aromatic N) is 3. The van der Waals surface area contributed by atoms with Gasteiger partial charge in [-0.25, -0.2) is 9.59 Å². The van der Waals surface area contributed by atoms with Crippen LogP contribution < -0.4 is 5.56 Å². The summed E-state index contributed by atoms with van der Waals surface area (Å²) >= 11 is 0. The summed E-state index contributed by atoms with van der Waals surface area (Å²) in [5.74, 6) is -1.86. The highest BCUT2D eigenvalue weighted by atomic mass is 16.5. The first kappa shape index (κ1) is 21.2. The van der Waals surface area contributed by atoms with Crippen molar-refractivity contribution >= 4 is 24.1 Å². The van der Waals surface area contributed by atoms with Gasteiger partial charge in [-0.1, -0.05) is 42.0 Å². The van der Waals surface area contributed by atoms with Gasteiger partial charge in [0.1, 0.15) is 11.6 Å². The molecule has 0 saturated carbocycles. The summed E-state index contributed by atoms with van der Waals surface area (Å²) in [7, 11) is 1.28. The maximum absolute atomic E-state index is 12.8. The van der Waals surface area contributed by atoms with Crippen LogP contribution in [0.1, 0.15) is 43.1 Å². The number of ether oxygens (including phenoxy) is 1. The van der Waals surface area contributed by atoms with Crippen molar-refractivity contribution in [3.63, 3.8) is 0 Å². The summed E-state index contributed by atoms with van der Waals surface area (Å²) < 4.78 is 5.55. The summed E-state index contributed by atoms with van der Waals surface area (Å²) in [6.45, 7) is 1.87. The van der Waals surface area contributed by atoms with Crippen molar-refractivity contribution in [2.75, 3.05) is 7.11 Å². The van der Waals surface area contributed by atoms with Crippen LogP contribution in [0.25, 0.3) is 17.8 Å². The van der Waals surface area contributed by atoms with Crippen LogP contribution in [0.5, 0.6) is 0 Å². The van der Waals surface area contributed by atoms with Gasteiger partial charge in [0, 0.05) is 5.56 Å². The number of hydrogen-bond acceptors (Lipinski definition) is 6. The fraction of sp³-hybridized carbons (Fsp3) is 0.0870. The molecule has 3 aromatic rings. The average molecular weight is 415 g/mol. The van der Waals surface area contributed by atoms with Crippen LogP contribution >= 0.6 is 0 Å². The third kappa shape index (κ3) is 4.41. The topological polar surface area (TPSA) is 122 Å². The number of esters is 1. The Morgan fingerprint density at radius 3 is 2.29 bits per heavy atom. The molecular weight excluding hydrogens is 398 g/mol. The zero-order chi connectivity index (χ0) is 22.5. The molecule has 1 aromatic heterocycles. The molecule has 0 aliphatic heterocycles. The molecule has 31 heavy (non-hydrogen) atoms. The van der Waals surface area contributed by atoms with E-state index in [4.69, 9.17) is 0 Å². The number of carbonyl (C=O) groups is 2. The van der Waals surface area contributed by atoms with Crippen molar-refractivity contribution in [1.82, 2.24) is 9.78 Å². The SMILES string of the molecule is COC(=O)c1ccc(/C=C\c2c(C(=O)O)nn(-c3ccc(C)cc3)c(=O)c2C#N)cc1. The van der Waals surface area contributed by atoms with E-state index in [1.807, 2.05) is 6.92 Å². The Bertz CT molecular complexity index is 1280. The van der Waals surface area contributed by atoms with E-state index < -0.39 is 23.2 Å². The molecule has 8 heteroatoms. The zero-order valence-electron chi connectivity index (χ0n) is 16.7. The van der Waals surface area contributed by atoms with Crippen LogP contribution in [0.15, 0.2) is 53.3 Å². The highest BCUT2D eigenvalue weighted by Gasteiger charge is 2.21. The molecule has 0 unspecified atom stereocenters. The number of carboxylic acids is 1. The lowest BCUT2D eigenvalue weighted by Gasteiger charge is -2.10. The smallest absolute Gasteiger partial charge is 0.357 e. The molecule has 0 bridgehead atoms. The summed E-state index contributed by atoms with van der Waals surface area (Å²) in [5.41, 5.74) is 0.686. The standard InChI is InChI=1S/C23H17N3O5/c1-14-3-10-17(11-4-14)26-21(27)19(13-24)18(20(25-26)22(28)29)12-7-15-5-8-16(9-6-15)23(30)31-2/h3-12H,1-2H3,(H,28,29)/b12-7-. The molecular formula is C23H17N3O5. The fourth-order valence-electron chi connectivity index (χ4n) is 2.86. The zero-order valence-corrected chi connectivity index (χ0v) is 16.7. The Kier molecular flexibility index (Phi) is 6.07. The number of aromatic nitrogens is 2. The van der Waals surface area contributed by atoms with Gasteiger partial charge in [-0.2, -0.15) is 15.0 Å². The van der Waals surface area contributed by atoms with Crippen LogP contribution in [0.3, 0.4) is 0 Å². The van der Waals surface area contributed by atoms with Crippen molar-refractivity contribution in [2.24, 2.45) is 0 Å². The molecule has 0 amide bonds. The van der Waals surface area contributed by atoms with Gasteiger partial charge in [0.15, 0.2) is 5.69 Å². The first-order chi connectivity index (χ1) is 14.8. The average Bonchev–Trinajstić information content (AvgIpc) is 2.78. The summed E-state index contributed by atoms with van der Waals surface area (Å²) in [6, 6.07) is 14.9. The number of aryl methyl sites for hydroxylation is 1. The van der Waals surface area contributed by atoms with E-state index >= 15 is 0 Å². The molecule has 8 nitrogen and oxygen atoms in total. The molecule has 0 aliphatic rings. The molecule has 0 saturated heterocycles. The first-order valence-corrected chi connectivity index (χ1v) is 9.10. The first-order valence-electron chi connectivity index (χ1n) is 9.10. The van der Waals surface area contributed by atoms with Crippen molar-refractivity contribution in [3.05, 3.63) is 92.4 Å². The van der Waals surface area contributed by atoms with Gasteiger partial charge in [-0.3, -0.25) is 4.79 Å². The van der Waals surface area contributed by atoms with Gasteiger partial charge >= 0.3 is 11.9 Å². The van der Waals surface area contributed by atoms with Crippen LogP contribution in [-0.2, 0) is 4.74 Å². The maximum atomic E-state index is 12.8. The Morgan fingerprint density at radius 2 is 1.74 bits per heavy atom. The van der Waals surface area contributed by atoms with Crippen molar-refractivity contribution < 1.29 is 19.4 Å². The lowest BCUT2D eigenvalue weighted by molar-refractivity contribution is 0.0599. The highest BCUT2D eigenvalue weighted by molar-refractivity contribution is 5.93. The number of rotatable bonds is 5. The van der Waals surface area contributed by atoms with E-state index in [2.05, 4.69) is 9.84 Å². The summed E-state index contributed by atoms with van der Waals surface area (Å²) in [6.07, 6.45) is 2.88. The second-order valence-electron chi connectivity index (χ2n) is 6.55. The second kappa shape index (κ2) is 8.88. The van der Waals surface area contributed by atoms with Gasteiger partial charge in [0.2, 0.25) is 0 Å². The predicted molar refractivity (Wildman–Crippen MR) is 113 cm³/mol. The summed E-state index contributed by atoms with van der Waals surface area (Å²) in [5, 5.41) is 23.2. The van der Waals surface area contributed by atoms with Crippen molar-refractivity contribution in [3.8, 4) is 11.8 Å². The molecule has 0 atom stereocenters. The van der Waals surface area contributed by atoms with Crippen LogP contribution in [-0.4, -0.2) is 33.9 Å². The van der Waals surface area contributed by atoms with E-state index in [0.717, 1.165) is 10.2 Å². The van der Waals surface area contributed by atoms with E-state index in [-0.39, 0.29) is 11.1 Å². The van der Waals surface area contributed by atoms with Crippen molar-refractivity contribution in [1.29, 1.82) is 5.26 Å². The Morgan fingerprint density at radius 1 is 1.10 bits per heavy atom. The van der Waals surface area contributed by atoms with Crippen LogP contribution in [0, 0.1) is 18.3 Å². The number of aromatic carboxylic acids is 1. The van der Waals surface area contributed by atoms with E-state index in [1.165, 1.54) is 19.3 Å². The molecule has 1 heterocycles. The molecule has 154 valence electrons. The number of methoxy groups -OCH3 is 1. The minimum atomic E-state index is -1.38. The number of hydrogen-bond donors (Lipinski definition) is 1. The van der Waals surface area contributed by atoms with Gasteiger partial charge < -0.3 is 9.84 Å². The Balaban J connectivity index is 2.10. The predicted octanol–water partition coefficient (Wildman–Crippen LogP) is 3.07. The number of carbonyl (C=O) groups excluding carboxylic acids is 1. The summed E-state index contributed by atoms with van der Waals surface area (Å²) in [4.78, 5) is 36.2. The molecule has 0 fully saturated rings. The fourth-order valence-corrected chi connectivity index (χ4v) is 2.86. The minimum absolute atomic E-state index is 0.0968. The molecule has 1 N–H and O–H groups in total. The lowest BCUT2D eigenvalue weighted by atomic mass is 10.1. The molecule has 2 aromatic carbocycles. The molecule has 3 rings (SSSR count). The maximum Gasteiger partial charge on any atom is 0.357 e. The van der Waals surface area contributed by atoms with Crippen molar-refractivity contribution in [2.45, 2.75) is 6.92 Å². The normalized spacial score (nSPS) is 10.6. The lowest BCUT2D eigenvalue weighted by Crippen LogP contribution is -2.28. The molecule has 0 radical (unpaired) electrons. The minimum Gasteiger partial charge on any atom is -0.476 e. The highest BCUT2D eigenvalue weighted by Crippen LogP contribution is 2.17.